The number of hydrogen-bond acceptors (Lipinski definition) is 3. The van der Waals surface area contributed by atoms with Gasteiger partial charge in [-0.25, -0.2) is 13.8 Å². The summed E-state index contributed by atoms with van der Waals surface area (Å²) in [6, 6.07) is 3.75. The zero-order valence-corrected chi connectivity index (χ0v) is 16.6. The average Bonchev–Trinajstić information content (AvgIpc) is 2.57. The maximum atomic E-state index is 13.1. The zero-order chi connectivity index (χ0) is 17.4. The number of aliphatic hydroxyl groups is 1. The molecule has 1 aromatic carbocycles. The molecule has 0 aromatic heterocycles. The summed E-state index contributed by atoms with van der Waals surface area (Å²) < 4.78 is 31.3. The van der Waals surface area contributed by atoms with Crippen molar-refractivity contribution in [3.63, 3.8) is 0 Å². The summed E-state index contributed by atoms with van der Waals surface area (Å²) in [5, 5.41) is 16.1. The largest absolute Gasteiger partial charge is 0.492 e. The van der Waals surface area contributed by atoms with Crippen LogP contribution in [0.3, 0.4) is 0 Å². The van der Waals surface area contributed by atoms with Crippen LogP contribution in [-0.4, -0.2) is 42.9 Å². The number of aliphatic imine (C=N–C) groups is 1. The van der Waals surface area contributed by atoms with E-state index in [1.54, 1.807) is 0 Å². The third kappa shape index (κ3) is 7.72. The van der Waals surface area contributed by atoms with Crippen LogP contribution in [0.5, 0.6) is 5.75 Å². The summed E-state index contributed by atoms with van der Waals surface area (Å²) in [4.78, 5) is 4.42. The van der Waals surface area contributed by atoms with Crippen LogP contribution in [-0.2, 0) is 0 Å². The van der Waals surface area contributed by atoms with Crippen molar-refractivity contribution >= 4 is 29.9 Å². The molecule has 5 nitrogen and oxygen atoms in total. The van der Waals surface area contributed by atoms with Crippen LogP contribution in [0.25, 0.3) is 0 Å². The molecule has 3 N–H and O–H groups in total. The van der Waals surface area contributed by atoms with Gasteiger partial charge in [0.15, 0.2) is 17.6 Å². The number of nitrogens with one attached hydrogen (secondary N) is 2. The van der Waals surface area contributed by atoms with Crippen LogP contribution >= 0.6 is 24.0 Å². The molecule has 0 bridgehead atoms. The molecule has 1 aliphatic rings. The van der Waals surface area contributed by atoms with Gasteiger partial charge in [0.25, 0.3) is 0 Å². The van der Waals surface area contributed by atoms with Gasteiger partial charge >= 0.3 is 0 Å². The van der Waals surface area contributed by atoms with E-state index in [2.05, 4.69) is 15.6 Å². The molecule has 0 saturated heterocycles. The van der Waals surface area contributed by atoms with Gasteiger partial charge in [0.05, 0.1) is 12.6 Å². The molecular formula is C17H26F2IN3O2. The number of aliphatic hydroxyl groups excluding tert-OH is 1. The van der Waals surface area contributed by atoms with Crippen molar-refractivity contribution in [2.45, 2.75) is 44.8 Å². The first kappa shape index (κ1) is 21.9. The highest BCUT2D eigenvalue weighted by molar-refractivity contribution is 14.0. The van der Waals surface area contributed by atoms with Crippen molar-refractivity contribution in [1.82, 2.24) is 10.6 Å². The lowest BCUT2D eigenvalue weighted by atomic mass is 9.93. The molecule has 0 aliphatic heterocycles. The fraction of sp³-hybridized carbons (Fsp3) is 0.588. The van der Waals surface area contributed by atoms with E-state index in [9.17, 15) is 13.9 Å². The monoisotopic (exact) mass is 469 g/mol. The third-order valence-corrected chi connectivity index (χ3v) is 3.90. The number of hydrogen-bond donors (Lipinski definition) is 3. The Labute approximate surface area is 164 Å². The Balaban J connectivity index is 0.00000312. The molecule has 0 atom stereocenters. The molecule has 0 radical (unpaired) electrons. The van der Waals surface area contributed by atoms with Crippen LogP contribution in [0.4, 0.5) is 8.78 Å². The molecule has 8 heteroatoms. The van der Waals surface area contributed by atoms with E-state index < -0.39 is 11.6 Å². The number of ether oxygens (including phenoxy) is 1. The highest BCUT2D eigenvalue weighted by Gasteiger charge is 2.19. The van der Waals surface area contributed by atoms with E-state index in [-0.39, 0.29) is 42.4 Å². The Morgan fingerprint density at radius 2 is 1.96 bits per heavy atom. The summed E-state index contributed by atoms with van der Waals surface area (Å²) in [6.45, 7) is 3.39. The lowest BCUT2D eigenvalue weighted by Crippen LogP contribution is -2.45. The molecule has 0 spiro atoms. The Bertz CT molecular complexity index is 553. The third-order valence-electron chi connectivity index (χ3n) is 3.90. The minimum absolute atomic E-state index is 0. The van der Waals surface area contributed by atoms with Crippen LogP contribution in [0.2, 0.25) is 0 Å². The first-order valence-corrected chi connectivity index (χ1v) is 8.39. The van der Waals surface area contributed by atoms with E-state index in [4.69, 9.17) is 4.74 Å². The van der Waals surface area contributed by atoms with Crippen molar-refractivity contribution < 1.29 is 18.6 Å². The standard InChI is InChI=1S/C17H25F2N3O2.HI/c1-2-20-17(22-12-3-5-13(23)6-4-12)21-9-10-24-14-7-8-15(18)16(19)11-14;/h7-8,11-13,23H,2-6,9-10H2,1H3,(H2,20,21,22);1H. The molecule has 1 fully saturated rings. The van der Waals surface area contributed by atoms with E-state index >= 15 is 0 Å². The Kier molecular flexibility index (Phi) is 10.0. The van der Waals surface area contributed by atoms with Crippen LogP contribution in [0, 0.1) is 11.6 Å². The molecule has 1 aromatic rings. The highest BCUT2D eigenvalue weighted by Crippen LogP contribution is 2.18. The van der Waals surface area contributed by atoms with E-state index in [0.717, 1.165) is 44.4 Å². The van der Waals surface area contributed by atoms with Crippen molar-refractivity contribution in [3.8, 4) is 5.75 Å². The molecule has 0 amide bonds. The van der Waals surface area contributed by atoms with E-state index in [0.29, 0.717) is 18.5 Å². The predicted molar refractivity (Wildman–Crippen MR) is 105 cm³/mol. The molecule has 1 saturated carbocycles. The van der Waals surface area contributed by atoms with Gasteiger partial charge in [-0.2, -0.15) is 0 Å². The second-order valence-electron chi connectivity index (χ2n) is 5.83. The lowest BCUT2D eigenvalue weighted by Gasteiger charge is -2.27. The Hall–Kier alpha value is -1.16. The fourth-order valence-corrected chi connectivity index (χ4v) is 2.62. The second-order valence-corrected chi connectivity index (χ2v) is 5.83. The van der Waals surface area contributed by atoms with Gasteiger partial charge in [0.1, 0.15) is 12.4 Å². The molecule has 2 rings (SSSR count). The first-order valence-electron chi connectivity index (χ1n) is 8.39. The number of rotatable bonds is 6. The number of nitrogens with zero attached hydrogens (tertiary/aromatic N) is 1. The SMILES string of the molecule is CCNC(=NCCOc1ccc(F)c(F)c1)NC1CCC(O)CC1.I. The molecule has 1 aliphatic carbocycles. The molecular weight excluding hydrogens is 443 g/mol. The molecule has 0 heterocycles. The number of guanidine groups is 1. The van der Waals surface area contributed by atoms with Crippen LogP contribution < -0.4 is 15.4 Å². The highest BCUT2D eigenvalue weighted by atomic mass is 127. The topological polar surface area (TPSA) is 65.9 Å². The molecule has 142 valence electrons. The van der Waals surface area contributed by atoms with Crippen molar-refractivity contribution in [1.29, 1.82) is 0 Å². The van der Waals surface area contributed by atoms with Crippen LogP contribution in [0.1, 0.15) is 32.6 Å². The van der Waals surface area contributed by atoms with Crippen molar-refractivity contribution in [3.05, 3.63) is 29.8 Å². The minimum Gasteiger partial charge on any atom is -0.492 e. The summed E-state index contributed by atoms with van der Waals surface area (Å²) in [5.41, 5.74) is 0. The summed E-state index contributed by atoms with van der Waals surface area (Å²) >= 11 is 0. The van der Waals surface area contributed by atoms with Gasteiger partial charge in [-0.3, -0.25) is 0 Å². The predicted octanol–water partition coefficient (Wildman–Crippen LogP) is 2.82. The minimum atomic E-state index is -0.925. The van der Waals surface area contributed by atoms with Crippen molar-refractivity contribution in [2.24, 2.45) is 4.99 Å². The molecule has 0 unspecified atom stereocenters. The first-order chi connectivity index (χ1) is 11.6. The van der Waals surface area contributed by atoms with Gasteiger partial charge in [-0.05, 0) is 44.7 Å². The van der Waals surface area contributed by atoms with Crippen molar-refractivity contribution in [2.75, 3.05) is 19.7 Å². The Morgan fingerprint density at radius 1 is 1.24 bits per heavy atom. The van der Waals surface area contributed by atoms with E-state index in [1.807, 2.05) is 6.92 Å². The normalized spacial score (nSPS) is 20.6. The fourth-order valence-electron chi connectivity index (χ4n) is 2.62. The van der Waals surface area contributed by atoms with Gasteiger partial charge in [-0.1, -0.05) is 0 Å². The quantitative estimate of drug-likeness (QED) is 0.260. The maximum absolute atomic E-state index is 13.1. The van der Waals surface area contributed by atoms with E-state index in [1.165, 1.54) is 6.07 Å². The second kappa shape index (κ2) is 11.5. The lowest BCUT2D eigenvalue weighted by molar-refractivity contribution is 0.120. The number of benzene rings is 1. The summed E-state index contributed by atoms with van der Waals surface area (Å²) in [5.74, 6) is -0.835. The number of halogens is 3. The average molecular weight is 469 g/mol. The summed E-state index contributed by atoms with van der Waals surface area (Å²) in [7, 11) is 0. The summed E-state index contributed by atoms with van der Waals surface area (Å²) in [6.07, 6.45) is 3.24. The van der Waals surface area contributed by atoms with Gasteiger partial charge in [-0.15, -0.1) is 24.0 Å². The van der Waals surface area contributed by atoms with Crippen LogP contribution in [0.15, 0.2) is 23.2 Å². The zero-order valence-electron chi connectivity index (χ0n) is 14.3. The maximum Gasteiger partial charge on any atom is 0.191 e. The molecule has 25 heavy (non-hydrogen) atoms. The van der Waals surface area contributed by atoms with Gasteiger partial charge < -0.3 is 20.5 Å². The Morgan fingerprint density at radius 3 is 2.60 bits per heavy atom. The smallest absolute Gasteiger partial charge is 0.191 e. The van der Waals surface area contributed by atoms with Gasteiger partial charge in [0.2, 0.25) is 0 Å². The van der Waals surface area contributed by atoms with Gasteiger partial charge in [0, 0.05) is 18.7 Å².